The minimum atomic E-state index is 0. The van der Waals surface area contributed by atoms with E-state index >= 15 is 0 Å². The molecule has 1 rings (SSSR count). The molecule has 1 fully saturated rings. The number of hydrogen-bond donors (Lipinski definition) is 0. The van der Waals surface area contributed by atoms with Gasteiger partial charge in [0.2, 0.25) is 0 Å². The molecule has 1 saturated heterocycles. The first-order chi connectivity index (χ1) is 4.30. The molecule has 0 aromatic carbocycles. The molecule has 1 aliphatic rings. The van der Waals surface area contributed by atoms with Gasteiger partial charge in [-0.05, 0) is 0 Å². The van der Waals surface area contributed by atoms with E-state index in [0.717, 1.165) is 11.7 Å². The van der Waals surface area contributed by atoms with Gasteiger partial charge in [0.15, 0.2) is 0 Å². The van der Waals surface area contributed by atoms with Crippen LogP contribution in [0.15, 0.2) is 0 Å². The molecule has 1 unspecified atom stereocenters. The van der Waals surface area contributed by atoms with E-state index in [2.05, 4.69) is 13.8 Å². The van der Waals surface area contributed by atoms with Gasteiger partial charge in [0.05, 0.1) is 0 Å². The van der Waals surface area contributed by atoms with Crippen molar-refractivity contribution in [1.29, 1.82) is 0 Å². The monoisotopic (exact) mass is 132 g/mol. The molecule has 0 bridgehead atoms. The first kappa shape index (κ1) is 10.7. The summed E-state index contributed by atoms with van der Waals surface area (Å²) in [4.78, 5) is 0. The molecule has 2 heteroatoms. The van der Waals surface area contributed by atoms with Gasteiger partial charge >= 0.3 is 18.9 Å². The Morgan fingerprint density at radius 2 is 2.00 bits per heavy atom. The predicted octanol–water partition coefficient (Wildman–Crippen LogP) is 1.82. The number of rotatable bonds is 1. The summed E-state index contributed by atoms with van der Waals surface area (Å²) in [6, 6.07) is 0. The third kappa shape index (κ3) is 3.17. The van der Waals surface area contributed by atoms with Crippen LogP contribution in [0.4, 0.5) is 0 Å². The fourth-order valence-electron chi connectivity index (χ4n) is 1.80. The quantitative estimate of drug-likeness (QED) is 0.477. The van der Waals surface area contributed by atoms with Crippen molar-refractivity contribution in [3.63, 3.8) is 0 Å². The second kappa shape index (κ2) is 5.33. The molecular weight excluding hydrogens is 114 g/mol. The van der Waals surface area contributed by atoms with Crippen molar-refractivity contribution in [2.24, 2.45) is 5.92 Å². The van der Waals surface area contributed by atoms with Crippen LogP contribution < -0.4 is 0 Å². The van der Waals surface area contributed by atoms with Gasteiger partial charge in [-0.15, -0.1) is 0 Å². The standard InChI is InChI=1S/C8H17B.Li.H/c1-7(2)8-5-3-4-6-9-8;;/h7-9H,3-6H2,1-2H3;;. The van der Waals surface area contributed by atoms with Gasteiger partial charge in [-0.2, -0.15) is 0 Å². The maximum atomic E-state index is 2.36. The summed E-state index contributed by atoms with van der Waals surface area (Å²) in [7, 11) is 1.50. The van der Waals surface area contributed by atoms with Crippen molar-refractivity contribution < 1.29 is 0 Å². The summed E-state index contributed by atoms with van der Waals surface area (Å²) >= 11 is 0. The Hall–Kier alpha value is 0.662. The van der Waals surface area contributed by atoms with E-state index in [1.807, 2.05) is 0 Å². The SMILES string of the molecule is CC(C)C1BCCCC1.[LiH]. The van der Waals surface area contributed by atoms with Crippen LogP contribution in [0, 0.1) is 5.92 Å². The molecule has 1 aliphatic heterocycles. The zero-order chi connectivity index (χ0) is 6.69. The van der Waals surface area contributed by atoms with E-state index < -0.39 is 0 Å². The zero-order valence-corrected chi connectivity index (χ0v) is 6.69. The van der Waals surface area contributed by atoms with E-state index in [4.69, 9.17) is 0 Å². The van der Waals surface area contributed by atoms with Crippen molar-refractivity contribution in [2.45, 2.75) is 45.2 Å². The van der Waals surface area contributed by atoms with Crippen LogP contribution in [0.5, 0.6) is 0 Å². The van der Waals surface area contributed by atoms with Crippen LogP contribution in [-0.4, -0.2) is 26.1 Å². The first-order valence-corrected chi connectivity index (χ1v) is 4.30. The molecule has 0 radical (unpaired) electrons. The summed E-state index contributed by atoms with van der Waals surface area (Å²) < 4.78 is 0. The summed E-state index contributed by atoms with van der Waals surface area (Å²) in [6.45, 7) is 4.71. The van der Waals surface area contributed by atoms with Crippen LogP contribution in [-0.2, 0) is 0 Å². The fraction of sp³-hybridized carbons (Fsp3) is 1.00. The van der Waals surface area contributed by atoms with Crippen molar-refractivity contribution in [3.8, 4) is 0 Å². The fourth-order valence-corrected chi connectivity index (χ4v) is 1.80. The molecule has 0 nitrogen and oxygen atoms in total. The van der Waals surface area contributed by atoms with Crippen LogP contribution in [0.1, 0.15) is 33.1 Å². The zero-order valence-electron chi connectivity index (χ0n) is 6.69. The summed E-state index contributed by atoms with van der Waals surface area (Å²) in [5.74, 6) is 1.99. The Morgan fingerprint density at radius 1 is 1.30 bits per heavy atom. The Balaban J connectivity index is 0.000000810. The molecule has 0 amide bonds. The van der Waals surface area contributed by atoms with E-state index in [1.165, 1.54) is 32.9 Å². The molecule has 0 saturated carbocycles. The normalized spacial score (nSPS) is 25.3. The molecule has 10 heavy (non-hydrogen) atoms. The summed E-state index contributed by atoms with van der Waals surface area (Å²) in [6.07, 6.45) is 5.96. The molecule has 0 N–H and O–H groups in total. The molecule has 0 spiro atoms. The molecule has 1 heterocycles. The van der Waals surface area contributed by atoms with E-state index in [9.17, 15) is 0 Å². The predicted molar refractivity (Wildman–Crippen MR) is 51.5 cm³/mol. The molecule has 0 aromatic heterocycles. The van der Waals surface area contributed by atoms with Gasteiger partial charge in [0, 0.05) is 0 Å². The van der Waals surface area contributed by atoms with Gasteiger partial charge in [-0.1, -0.05) is 51.2 Å². The van der Waals surface area contributed by atoms with Crippen molar-refractivity contribution in [1.82, 2.24) is 0 Å². The van der Waals surface area contributed by atoms with Crippen molar-refractivity contribution in [2.75, 3.05) is 0 Å². The van der Waals surface area contributed by atoms with Gasteiger partial charge in [0.1, 0.15) is 7.28 Å². The molecule has 54 valence electrons. The molecule has 1 atom stereocenters. The Kier molecular flexibility index (Phi) is 5.68. The topological polar surface area (TPSA) is 0 Å². The summed E-state index contributed by atoms with van der Waals surface area (Å²) in [5.41, 5.74) is 0. The van der Waals surface area contributed by atoms with Crippen LogP contribution in [0.25, 0.3) is 0 Å². The third-order valence-corrected chi connectivity index (χ3v) is 2.59. The van der Waals surface area contributed by atoms with Crippen LogP contribution in [0.2, 0.25) is 12.1 Å². The third-order valence-electron chi connectivity index (χ3n) is 2.59. The average Bonchev–Trinajstić information content (AvgIpc) is 1.90. The second-order valence-corrected chi connectivity index (χ2v) is 3.64. The van der Waals surface area contributed by atoms with Crippen LogP contribution >= 0.6 is 0 Å². The van der Waals surface area contributed by atoms with E-state index in [-0.39, 0.29) is 18.9 Å². The van der Waals surface area contributed by atoms with Crippen molar-refractivity contribution >= 4 is 26.1 Å². The Labute approximate surface area is 77.6 Å². The number of hydrogen-bond acceptors (Lipinski definition) is 0. The Bertz CT molecular complexity index is 77.3. The first-order valence-electron chi connectivity index (χ1n) is 4.30. The molecular formula is C8H18BLi. The van der Waals surface area contributed by atoms with Gasteiger partial charge < -0.3 is 0 Å². The maximum absolute atomic E-state index is 2.36. The molecule has 0 aromatic rings. The van der Waals surface area contributed by atoms with Gasteiger partial charge in [-0.25, -0.2) is 0 Å². The average molecular weight is 132 g/mol. The summed E-state index contributed by atoms with van der Waals surface area (Å²) in [5, 5.41) is 0. The Morgan fingerprint density at radius 3 is 2.30 bits per heavy atom. The molecule has 0 aliphatic carbocycles. The van der Waals surface area contributed by atoms with Crippen molar-refractivity contribution in [3.05, 3.63) is 0 Å². The second-order valence-electron chi connectivity index (χ2n) is 3.64. The van der Waals surface area contributed by atoms with E-state index in [1.54, 1.807) is 0 Å². The van der Waals surface area contributed by atoms with E-state index in [0.29, 0.717) is 0 Å². The van der Waals surface area contributed by atoms with Crippen LogP contribution in [0.3, 0.4) is 0 Å². The van der Waals surface area contributed by atoms with Gasteiger partial charge in [0.25, 0.3) is 0 Å². The minimum absolute atomic E-state index is 0. The van der Waals surface area contributed by atoms with Gasteiger partial charge in [-0.3, -0.25) is 0 Å².